The lowest BCUT2D eigenvalue weighted by Crippen LogP contribution is -2.31. The maximum atomic E-state index is 11.9. The van der Waals surface area contributed by atoms with Gasteiger partial charge in [0.1, 0.15) is 0 Å². The van der Waals surface area contributed by atoms with Gasteiger partial charge in [-0.3, -0.25) is 14.9 Å². The van der Waals surface area contributed by atoms with E-state index in [0.717, 1.165) is 18.7 Å². The molecule has 0 spiro atoms. The molecular weight excluding hydrogens is 274 g/mol. The second-order valence-electron chi connectivity index (χ2n) is 4.06. The van der Waals surface area contributed by atoms with Crippen molar-refractivity contribution in [3.8, 4) is 11.4 Å². The SMILES string of the molecule is CCN(CC)C(=O)CSc1n[nH]c(-c2ccncc2)n1. The van der Waals surface area contributed by atoms with E-state index >= 15 is 0 Å². The van der Waals surface area contributed by atoms with Gasteiger partial charge < -0.3 is 4.90 Å². The molecule has 0 aliphatic carbocycles. The number of rotatable bonds is 6. The zero-order valence-electron chi connectivity index (χ0n) is 11.5. The van der Waals surface area contributed by atoms with Crippen molar-refractivity contribution in [3.05, 3.63) is 24.5 Å². The van der Waals surface area contributed by atoms with Crippen LogP contribution in [-0.4, -0.2) is 49.8 Å². The second-order valence-corrected chi connectivity index (χ2v) is 5.00. The zero-order chi connectivity index (χ0) is 14.4. The molecule has 0 fully saturated rings. The van der Waals surface area contributed by atoms with Gasteiger partial charge in [-0.25, -0.2) is 4.98 Å². The second kappa shape index (κ2) is 7.04. The van der Waals surface area contributed by atoms with Crippen LogP contribution in [0.2, 0.25) is 0 Å². The first-order valence-corrected chi connectivity index (χ1v) is 7.46. The summed E-state index contributed by atoms with van der Waals surface area (Å²) in [5.74, 6) is 1.15. The predicted octanol–water partition coefficient (Wildman–Crippen LogP) is 1.83. The summed E-state index contributed by atoms with van der Waals surface area (Å²) in [6.45, 7) is 5.40. The lowest BCUT2D eigenvalue weighted by molar-refractivity contribution is -0.127. The van der Waals surface area contributed by atoms with Crippen molar-refractivity contribution in [1.82, 2.24) is 25.1 Å². The lowest BCUT2D eigenvalue weighted by Gasteiger charge is -2.17. The highest BCUT2D eigenvalue weighted by Crippen LogP contribution is 2.18. The van der Waals surface area contributed by atoms with Crippen LogP contribution in [0.1, 0.15) is 13.8 Å². The molecule has 0 saturated heterocycles. The van der Waals surface area contributed by atoms with Gasteiger partial charge in [0.2, 0.25) is 11.1 Å². The summed E-state index contributed by atoms with van der Waals surface area (Å²) in [6, 6.07) is 3.71. The third-order valence-electron chi connectivity index (χ3n) is 2.86. The van der Waals surface area contributed by atoms with Crippen molar-refractivity contribution in [2.24, 2.45) is 0 Å². The van der Waals surface area contributed by atoms with E-state index in [1.54, 1.807) is 17.3 Å². The monoisotopic (exact) mass is 291 g/mol. The molecule has 2 heterocycles. The van der Waals surface area contributed by atoms with E-state index in [4.69, 9.17) is 0 Å². The Bertz CT molecular complexity index is 553. The molecule has 0 unspecified atom stereocenters. The van der Waals surface area contributed by atoms with Gasteiger partial charge in [0, 0.05) is 31.0 Å². The quantitative estimate of drug-likeness (QED) is 0.822. The Kier molecular flexibility index (Phi) is 5.11. The van der Waals surface area contributed by atoms with Gasteiger partial charge in [-0.15, -0.1) is 5.10 Å². The summed E-state index contributed by atoms with van der Waals surface area (Å²) in [4.78, 5) is 22.0. The zero-order valence-corrected chi connectivity index (χ0v) is 12.4. The van der Waals surface area contributed by atoms with Crippen LogP contribution in [0.3, 0.4) is 0 Å². The van der Waals surface area contributed by atoms with Crippen LogP contribution in [0.4, 0.5) is 0 Å². The first-order valence-electron chi connectivity index (χ1n) is 6.48. The molecule has 2 aromatic heterocycles. The number of carbonyl (C=O) groups excluding carboxylic acids is 1. The molecule has 2 rings (SSSR count). The number of carbonyl (C=O) groups is 1. The molecule has 0 aromatic carbocycles. The number of nitrogens with zero attached hydrogens (tertiary/aromatic N) is 4. The van der Waals surface area contributed by atoms with Gasteiger partial charge in [-0.2, -0.15) is 0 Å². The number of amides is 1. The Balaban J connectivity index is 1.95. The van der Waals surface area contributed by atoms with Crippen molar-refractivity contribution < 1.29 is 4.79 Å². The highest BCUT2D eigenvalue weighted by Gasteiger charge is 2.12. The third kappa shape index (κ3) is 3.57. The Morgan fingerprint density at radius 1 is 1.30 bits per heavy atom. The summed E-state index contributed by atoms with van der Waals surface area (Å²) in [6.07, 6.45) is 3.41. The van der Waals surface area contributed by atoms with Crippen molar-refractivity contribution in [2.75, 3.05) is 18.8 Å². The lowest BCUT2D eigenvalue weighted by atomic mass is 10.3. The maximum absolute atomic E-state index is 11.9. The number of hydrogen-bond donors (Lipinski definition) is 1. The summed E-state index contributed by atoms with van der Waals surface area (Å²) in [7, 11) is 0. The molecule has 6 nitrogen and oxygen atoms in total. The van der Waals surface area contributed by atoms with Crippen molar-refractivity contribution >= 4 is 17.7 Å². The fourth-order valence-electron chi connectivity index (χ4n) is 1.74. The molecule has 106 valence electrons. The normalized spacial score (nSPS) is 10.5. The number of pyridine rings is 1. The van der Waals surface area contributed by atoms with E-state index in [9.17, 15) is 4.79 Å². The van der Waals surface area contributed by atoms with E-state index < -0.39 is 0 Å². The van der Waals surface area contributed by atoms with Gasteiger partial charge in [0.05, 0.1) is 5.75 Å². The molecule has 1 N–H and O–H groups in total. The van der Waals surface area contributed by atoms with E-state index in [-0.39, 0.29) is 5.91 Å². The van der Waals surface area contributed by atoms with Gasteiger partial charge >= 0.3 is 0 Å². The van der Waals surface area contributed by atoms with Gasteiger partial charge in [0.15, 0.2) is 5.82 Å². The molecule has 0 bridgehead atoms. The fourth-order valence-corrected chi connectivity index (χ4v) is 2.44. The first-order chi connectivity index (χ1) is 9.74. The molecule has 0 saturated carbocycles. The maximum Gasteiger partial charge on any atom is 0.233 e. The molecule has 0 aliphatic heterocycles. The minimum absolute atomic E-state index is 0.107. The number of thioether (sulfide) groups is 1. The highest BCUT2D eigenvalue weighted by atomic mass is 32.2. The molecule has 7 heteroatoms. The fraction of sp³-hybridized carbons (Fsp3) is 0.385. The van der Waals surface area contributed by atoms with Crippen molar-refractivity contribution in [1.29, 1.82) is 0 Å². The van der Waals surface area contributed by atoms with E-state index in [2.05, 4.69) is 20.2 Å². The molecule has 2 aromatic rings. The number of H-pyrrole nitrogens is 1. The minimum atomic E-state index is 0.107. The average Bonchev–Trinajstić information content (AvgIpc) is 2.96. The van der Waals surface area contributed by atoms with Gasteiger partial charge in [-0.1, -0.05) is 11.8 Å². The van der Waals surface area contributed by atoms with Crippen molar-refractivity contribution in [2.45, 2.75) is 19.0 Å². The van der Waals surface area contributed by atoms with Crippen LogP contribution < -0.4 is 0 Å². The topological polar surface area (TPSA) is 74.8 Å². The predicted molar refractivity (Wildman–Crippen MR) is 78.3 cm³/mol. The molecule has 0 atom stereocenters. The number of nitrogens with one attached hydrogen (secondary N) is 1. The smallest absolute Gasteiger partial charge is 0.233 e. The van der Waals surface area contributed by atoms with Crippen LogP contribution in [-0.2, 0) is 4.79 Å². The van der Waals surface area contributed by atoms with Gasteiger partial charge in [0.25, 0.3) is 0 Å². The number of hydrogen-bond acceptors (Lipinski definition) is 5. The summed E-state index contributed by atoms with van der Waals surface area (Å²) in [5, 5.41) is 7.56. The Labute approximate surface area is 122 Å². The number of aromatic amines is 1. The van der Waals surface area contributed by atoms with Gasteiger partial charge in [-0.05, 0) is 26.0 Å². The van der Waals surface area contributed by atoms with Crippen LogP contribution >= 0.6 is 11.8 Å². The van der Waals surface area contributed by atoms with Crippen LogP contribution in [0, 0.1) is 0 Å². The minimum Gasteiger partial charge on any atom is -0.343 e. The Morgan fingerprint density at radius 2 is 2.00 bits per heavy atom. The highest BCUT2D eigenvalue weighted by molar-refractivity contribution is 7.99. The molecule has 0 radical (unpaired) electrons. The van der Waals surface area contributed by atoms with E-state index in [0.29, 0.717) is 16.7 Å². The summed E-state index contributed by atoms with van der Waals surface area (Å²) >= 11 is 1.34. The first kappa shape index (κ1) is 14.5. The summed E-state index contributed by atoms with van der Waals surface area (Å²) in [5.41, 5.74) is 0.925. The molecule has 0 aliphatic rings. The van der Waals surface area contributed by atoms with Crippen molar-refractivity contribution in [3.63, 3.8) is 0 Å². The van der Waals surface area contributed by atoms with Crippen LogP contribution in [0.15, 0.2) is 29.7 Å². The Hall–Kier alpha value is -1.89. The molecule has 20 heavy (non-hydrogen) atoms. The Morgan fingerprint density at radius 3 is 2.65 bits per heavy atom. The van der Waals surface area contributed by atoms with E-state index in [1.807, 2.05) is 26.0 Å². The third-order valence-corrected chi connectivity index (χ3v) is 3.69. The summed E-state index contributed by atoms with van der Waals surface area (Å²) < 4.78 is 0. The van der Waals surface area contributed by atoms with E-state index in [1.165, 1.54) is 11.8 Å². The average molecular weight is 291 g/mol. The van der Waals surface area contributed by atoms with Crippen LogP contribution in [0.5, 0.6) is 0 Å². The van der Waals surface area contributed by atoms with Crippen LogP contribution in [0.25, 0.3) is 11.4 Å². The largest absolute Gasteiger partial charge is 0.343 e. The number of aromatic nitrogens is 4. The standard InChI is InChI=1S/C13H17N5OS/c1-3-18(4-2)11(19)9-20-13-15-12(16-17-13)10-5-7-14-8-6-10/h5-8H,3-4,9H2,1-2H3,(H,15,16,17). The molecule has 1 amide bonds. The molecular formula is C13H17N5OS.